The third-order valence-corrected chi connectivity index (χ3v) is 12.7. The second-order valence-electron chi connectivity index (χ2n) is 15.8. The summed E-state index contributed by atoms with van der Waals surface area (Å²) in [4.78, 5) is 4.89. The van der Waals surface area contributed by atoms with Gasteiger partial charge in [-0.15, -0.1) is 0 Å². The third kappa shape index (κ3) is 5.78. The average molecular weight is 725 g/mol. The molecule has 0 fully saturated rings. The lowest BCUT2D eigenvalue weighted by Gasteiger charge is -2.39. The Morgan fingerprint density at radius 1 is 0.554 bits per heavy atom. The van der Waals surface area contributed by atoms with Crippen LogP contribution in [0.4, 0.5) is 22.7 Å². The SMILES string of the molecule is CN(c1ccccc1)c1ccccc1C1=CC=C(N(c2ccc3c(c2)CCC=C3)c2ccc3c(c2)C(C2=CC=CCC2)(c2ccccc2)C2=C3CCC=C2)CC1. The number of fused-ring (bicyclic) bond motifs is 3. The molecule has 5 aromatic rings. The lowest BCUT2D eigenvalue weighted by Crippen LogP contribution is -2.31. The van der Waals surface area contributed by atoms with Crippen molar-refractivity contribution in [3.05, 3.63) is 220 Å². The van der Waals surface area contributed by atoms with Crippen LogP contribution < -0.4 is 9.80 Å². The Morgan fingerprint density at radius 3 is 2.12 bits per heavy atom. The second-order valence-corrected chi connectivity index (χ2v) is 15.8. The summed E-state index contributed by atoms with van der Waals surface area (Å²) in [6.45, 7) is 0. The molecule has 0 spiro atoms. The summed E-state index contributed by atoms with van der Waals surface area (Å²) in [6, 6.07) is 45.5. The van der Waals surface area contributed by atoms with E-state index in [1.54, 1.807) is 0 Å². The molecule has 0 aromatic heterocycles. The first kappa shape index (κ1) is 34.4. The second kappa shape index (κ2) is 14.5. The van der Waals surface area contributed by atoms with Crippen molar-refractivity contribution in [3.63, 3.8) is 0 Å². The predicted octanol–water partition coefficient (Wildman–Crippen LogP) is 14.0. The van der Waals surface area contributed by atoms with Gasteiger partial charge in [0, 0.05) is 41.1 Å². The largest absolute Gasteiger partial charge is 0.344 e. The standard InChI is InChI=1S/C54H48N2/c1-55(44-23-9-4-10-24-44)53-28-16-14-25-48(53)40-30-32-45(33-31-40)56(46-34-29-39-17-11-12-18-41(39)37-46)47-35-36-50-49-26-13-15-27-51(49)54(52(50)38-47,42-19-5-2-6-20-42)43-21-7-3-8-22-43/h2-7,9-11,14-17,19-21,23-25,27-30,32,34-38H,8,12-13,18,22,26,31,33H2,1H3. The first-order chi connectivity index (χ1) is 27.7. The molecule has 2 nitrogen and oxygen atoms in total. The van der Waals surface area contributed by atoms with Crippen LogP contribution in [-0.4, -0.2) is 7.05 Å². The molecule has 0 radical (unpaired) electrons. The van der Waals surface area contributed by atoms with Gasteiger partial charge in [-0.2, -0.15) is 0 Å². The lowest BCUT2D eigenvalue weighted by molar-refractivity contribution is 0.685. The van der Waals surface area contributed by atoms with Gasteiger partial charge in [-0.3, -0.25) is 0 Å². The molecule has 56 heavy (non-hydrogen) atoms. The zero-order chi connectivity index (χ0) is 37.5. The van der Waals surface area contributed by atoms with Gasteiger partial charge in [0.05, 0.1) is 5.41 Å². The van der Waals surface area contributed by atoms with Crippen molar-refractivity contribution < 1.29 is 0 Å². The van der Waals surface area contributed by atoms with Crippen LogP contribution in [-0.2, 0) is 11.8 Å². The Hall–Kier alpha value is -6.12. The minimum Gasteiger partial charge on any atom is -0.344 e. The number of para-hydroxylation sites is 2. The zero-order valence-electron chi connectivity index (χ0n) is 32.3. The summed E-state index contributed by atoms with van der Waals surface area (Å²) in [5, 5.41) is 0. The molecule has 2 heteroatoms. The molecule has 0 N–H and O–H groups in total. The van der Waals surface area contributed by atoms with Crippen molar-refractivity contribution in [1.29, 1.82) is 0 Å². The molecule has 0 aliphatic heterocycles. The maximum absolute atomic E-state index is 2.58. The third-order valence-electron chi connectivity index (χ3n) is 12.7. The van der Waals surface area contributed by atoms with Crippen LogP contribution in [0, 0.1) is 0 Å². The number of aryl methyl sites for hydroxylation is 1. The van der Waals surface area contributed by atoms with Crippen molar-refractivity contribution >= 4 is 40.0 Å². The fourth-order valence-electron chi connectivity index (χ4n) is 10.0. The molecule has 0 saturated heterocycles. The van der Waals surface area contributed by atoms with Crippen LogP contribution in [0.25, 0.3) is 17.2 Å². The van der Waals surface area contributed by atoms with Crippen LogP contribution in [0.1, 0.15) is 78.3 Å². The van der Waals surface area contributed by atoms with Crippen molar-refractivity contribution in [2.75, 3.05) is 16.8 Å². The monoisotopic (exact) mass is 724 g/mol. The predicted molar refractivity (Wildman–Crippen MR) is 238 cm³/mol. The van der Waals surface area contributed by atoms with Gasteiger partial charge >= 0.3 is 0 Å². The molecule has 1 unspecified atom stereocenters. The number of hydrogen-bond donors (Lipinski definition) is 0. The van der Waals surface area contributed by atoms with Crippen LogP contribution in [0.2, 0.25) is 0 Å². The van der Waals surface area contributed by atoms with Crippen LogP contribution >= 0.6 is 0 Å². The van der Waals surface area contributed by atoms with Gasteiger partial charge in [-0.25, -0.2) is 0 Å². The maximum atomic E-state index is 2.58. The maximum Gasteiger partial charge on any atom is 0.0674 e. The Kier molecular flexibility index (Phi) is 8.91. The number of nitrogens with zero attached hydrogens (tertiary/aromatic N) is 2. The molecule has 5 aliphatic rings. The number of rotatable bonds is 8. The minimum atomic E-state index is -0.321. The van der Waals surface area contributed by atoms with Gasteiger partial charge in [-0.1, -0.05) is 133 Å². The summed E-state index contributed by atoms with van der Waals surface area (Å²) >= 11 is 0. The average Bonchev–Trinajstić information content (AvgIpc) is 3.58. The lowest BCUT2D eigenvalue weighted by atomic mass is 9.64. The van der Waals surface area contributed by atoms with E-state index in [1.807, 2.05) is 0 Å². The first-order valence-corrected chi connectivity index (χ1v) is 20.5. The molecule has 5 aliphatic carbocycles. The topological polar surface area (TPSA) is 6.48 Å². The highest BCUT2D eigenvalue weighted by Crippen LogP contribution is 2.59. The van der Waals surface area contributed by atoms with E-state index >= 15 is 0 Å². The van der Waals surface area contributed by atoms with E-state index < -0.39 is 0 Å². The molecule has 0 heterocycles. The van der Waals surface area contributed by atoms with E-state index in [-0.39, 0.29) is 5.41 Å². The molecule has 1 atom stereocenters. The highest BCUT2D eigenvalue weighted by Gasteiger charge is 2.48. The molecule has 274 valence electrons. The van der Waals surface area contributed by atoms with E-state index in [9.17, 15) is 0 Å². The van der Waals surface area contributed by atoms with E-state index in [1.165, 1.54) is 84.1 Å². The van der Waals surface area contributed by atoms with Crippen molar-refractivity contribution in [2.24, 2.45) is 0 Å². The van der Waals surface area contributed by atoms with E-state index in [0.29, 0.717) is 0 Å². The fraction of sp³-hybridized carbons (Fsp3) is 0.185. The molecular weight excluding hydrogens is 677 g/mol. The molecule has 0 amide bonds. The Labute approximate surface area is 332 Å². The Morgan fingerprint density at radius 2 is 1.30 bits per heavy atom. The normalized spacial score (nSPS) is 19.4. The highest BCUT2D eigenvalue weighted by atomic mass is 15.1. The van der Waals surface area contributed by atoms with E-state index in [4.69, 9.17) is 0 Å². The molecule has 10 rings (SSSR count). The summed E-state index contributed by atoms with van der Waals surface area (Å²) in [5.41, 5.74) is 20.1. The van der Waals surface area contributed by atoms with Crippen molar-refractivity contribution in [2.45, 2.75) is 56.8 Å². The zero-order valence-corrected chi connectivity index (χ0v) is 32.3. The molecule has 0 saturated carbocycles. The smallest absolute Gasteiger partial charge is 0.0674 e. The Bertz CT molecular complexity index is 2540. The van der Waals surface area contributed by atoms with Gasteiger partial charge in [0.2, 0.25) is 0 Å². The van der Waals surface area contributed by atoms with E-state index in [0.717, 1.165) is 51.4 Å². The first-order valence-electron chi connectivity index (χ1n) is 20.5. The molecular formula is C54H48N2. The summed E-state index contributed by atoms with van der Waals surface area (Å²) in [6.07, 6.45) is 29.7. The number of benzene rings is 5. The van der Waals surface area contributed by atoms with Crippen LogP contribution in [0.3, 0.4) is 0 Å². The number of allylic oxidation sites excluding steroid dienone is 13. The van der Waals surface area contributed by atoms with Gasteiger partial charge < -0.3 is 9.80 Å². The molecule has 5 aromatic carbocycles. The quantitative estimate of drug-likeness (QED) is 0.157. The van der Waals surface area contributed by atoms with E-state index in [2.05, 4.69) is 193 Å². The van der Waals surface area contributed by atoms with Crippen molar-refractivity contribution in [1.82, 2.24) is 0 Å². The van der Waals surface area contributed by atoms with Crippen LogP contribution in [0.5, 0.6) is 0 Å². The van der Waals surface area contributed by atoms with Crippen molar-refractivity contribution in [3.8, 4) is 0 Å². The summed E-state index contributed by atoms with van der Waals surface area (Å²) < 4.78 is 0. The molecule has 0 bridgehead atoms. The Balaban J connectivity index is 1.13. The highest BCUT2D eigenvalue weighted by molar-refractivity contribution is 5.90. The van der Waals surface area contributed by atoms with Gasteiger partial charge in [0.1, 0.15) is 0 Å². The number of anilines is 4. The van der Waals surface area contributed by atoms with Gasteiger partial charge in [0.25, 0.3) is 0 Å². The summed E-state index contributed by atoms with van der Waals surface area (Å²) in [5.74, 6) is 0. The van der Waals surface area contributed by atoms with Gasteiger partial charge in [0.15, 0.2) is 0 Å². The van der Waals surface area contributed by atoms with Gasteiger partial charge in [-0.05, 0) is 144 Å². The number of hydrogen-bond acceptors (Lipinski definition) is 2. The van der Waals surface area contributed by atoms with Crippen LogP contribution in [0.15, 0.2) is 187 Å². The minimum absolute atomic E-state index is 0.321. The summed E-state index contributed by atoms with van der Waals surface area (Å²) in [7, 11) is 2.18. The fourth-order valence-corrected chi connectivity index (χ4v) is 10.0.